The average molecular weight is 442 g/mol. The largest absolute Gasteiger partial charge is 0.327 e. The van der Waals surface area contributed by atoms with Crippen molar-refractivity contribution >= 4 is 17.3 Å². The first kappa shape index (κ1) is 21.8. The summed E-state index contributed by atoms with van der Waals surface area (Å²) in [7, 11) is 2.22. The fourth-order valence-electron chi connectivity index (χ4n) is 5.15. The normalized spacial score (nSPS) is 18.8. The van der Waals surface area contributed by atoms with Crippen molar-refractivity contribution in [2.24, 2.45) is 0 Å². The van der Waals surface area contributed by atoms with Gasteiger partial charge in [-0.1, -0.05) is 18.6 Å². The van der Waals surface area contributed by atoms with Crippen LogP contribution in [0, 0.1) is 11.3 Å². The molecule has 6 heteroatoms. The molecule has 0 atom stereocenters. The van der Waals surface area contributed by atoms with Crippen LogP contribution in [-0.2, 0) is 25.9 Å². The van der Waals surface area contributed by atoms with E-state index >= 15 is 0 Å². The number of carbonyl (C=O) groups excluding carboxylic acids is 1. The number of aromatic nitrogens is 2. The predicted octanol–water partition coefficient (Wildman–Crippen LogP) is 3.81. The lowest BCUT2D eigenvalue weighted by Gasteiger charge is -2.36. The molecule has 0 radical (unpaired) electrons. The van der Waals surface area contributed by atoms with E-state index in [1.165, 1.54) is 73.3 Å². The van der Waals surface area contributed by atoms with Gasteiger partial charge in [-0.2, -0.15) is 5.26 Å². The monoisotopic (exact) mass is 441 g/mol. The third-order valence-electron chi connectivity index (χ3n) is 7.35. The second kappa shape index (κ2) is 9.46. The van der Waals surface area contributed by atoms with Gasteiger partial charge in [0.15, 0.2) is 0 Å². The van der Waals surface area contributed by atoms with Crippen LogP contribution in [0.15, 0.2) is 36.4 Å². The third-order valence-corrected chi connectivity index (χ3v) is 7.35. The highest BCUT2D eigenvalue weighted by atomic mass is 16.1. The number of nitriles is 1. The Morgan fingerprint density at radius 2 is 1.85 bits per heavy atom. The Balaban J connectivity index is 0.000000193. The lowest BCUT2D eigenvalue weighted by Crippen LogP contribution is -2.41. The molecule has 3 aromatic rings. The van der Waals surface area contributed by atoms with Crippen molar-refractivity contribution in [3.05, 3.63) is 64.5 Å². The van der Waals surface area contributed by atoms with Gasteiger partial charge in [-0.05, 0) is 61.7 Å². The molecular weight excluding hydrogens is 410 g/mol. The summed E-state index contributed by atoms with van der Waals surface area (Å²) in [4.78, 5) is 20.3. The van der Waals surface area contributed by atoms with E-state index in [2.05, 4.69) is 33.5 Å². The van der Waals surface area contributed by atoms with Crippen LogP contribution in [-0.4, -0.2) is 58.4 Å². The first-order valence-electron chi connectivity index (χ1n) is 12.0. The zero-order chi connectivity index (χ0) is 22.8. The van der Waals surface area contributed by atoms with E-state index in [0.717, 1.165) is 31.8 Å². The topological polar surface area (TPSA) is 65.2 Å². The summed E-state index contributed by atoms with van der Waals surface area (Å²) in [5.74, 6) is 1.30. The highest BCUT2D eigenvalue weighted by Gasteiger charge is 2.27. The fourth-order valence-corrected chi connectivity index (χ4v) is 5.15. The Labute approximate surface area is 195 Å². The maximum atomic E-state index is 10.1. The minimum atomic E-state index is 0.575. The van der Waals surface area contributed by atoms with Gasteiger partial charge in [0.2, 0.25) is 0 Å². The van der Waals surface area contributed by atoms with Gasteiger partial charge in [-0.25, -0.2) is 4.98 Å². The molecule has 6 rings (SSSR count). The van der Waals surface area contributed by atoms with Gasteiger partial charge in [0.25, 0.3) is 0 Å². The van der Waals surface area contributed by atoms with Crippen LogP contribution in [0.3, 0.4) is 0 Å². The van der Waals surface area contributed by atoms with Gasteiger partial charge in [0.05, 0.1) is 22.7 Å². The lowest BCUT2D eigenvalue weighted by molar-refractivity contribution is 0.112. The highest BCUT2D eigenvalue weighted by Crippen LogP contribution is 2.29. The Morgan fingerprint density at radius 3 is 2.55 bits per heavy atom. The molecule has 0 bridgehead atoms. The van der Waals surface area contributed by atoms with Crippen LogP contribution >= 0.6 is 0 Å². The number of hydrogen-bond donors (Lipinski definition) is 0. The van der Waals surface area contributed by atoms with Crippen LogP contribution in [0.5, 0.6) is 0 Å². The Morgan fingerprint density at radius 1 is 1.03 bits per heavy atom. The molecule has 0 N–H and O–H groups in total. The smallest absolute Gasteiger partial charge is 0.150 e. The molecule has 3 heterocycles. The van der Waals surface area contributed by atoms with Gasteiger partial charge in [0.1, 0.15) is 12.1 Å². The van der Waals surface area contributed by atoms with Gasteiger partial charge in [-0.3, -0.25) is 9.69 Å². The summed E-state index contributed by atoms with van der Waals surface area (Å²) in [6.45, 7) is 5.75. The number of carbonyl (C=O) groups is 1. The second-order valence-corrected chi connectivity index (χ2v) is 9.50. The molecule has 170 valence electrons. The van der Waals surface area contributed by atoms with Crippen LogP contribution in [0.1, 0.15) is 52.1 Å². The maximum absolute atomic E-state index is 10.1. The number of fused-ring (bicyclic) bond motifs is 4. The molecule has 6 nitrogen and oxygen atoms in total. The summed E-state index contributed by atoms with van der Waals surface area (Å²) in [5.41, 5.74) is 6.78. The van der Waals surface area contributed by atoms with Crippen molar-refractivity contribution in [2.75, 3.05) is 26.7 Å². The molecule has 0 saturated heterocycles. The number of hydrogen-bond acceptors (Lipinski definition) is 5. The molecule has 1 saturated carbocycles. The van der Waals surface area contributed by atoms with Crippen molar-refractivity contribution in [1.29, 1.82) is 5.26 Å². The molecule has 3 aliphatic rings. The molecule has 2 aliphatic heterocycles. The SMILES string of the molecule is CN1CCc2cc3nc4n(c3cc2C1)CCN(C1CCC1)CC4.N#Cc1ccc(C=O)cc1. The van der Waals surface area contributed by atoms with E-state index in [-0.39, 0.29) is 0 Å². The zero-order valence-corrected chi connectivity index (χ0v) is 19.3. The standard InChI is InChI=1S/C19H26N4.C8H5NO/c1-21-7-5-14-11-17-18(12-15(14)13-21)23-10-9-22(16-3-2-4-16)8-6-19(23)20-17;9-5-7-1-3-8(6-10)4-2-7/h11-12,16H,2-10,13H2,1H3;1-4,6H. The average Bonchev–Trinajstić information content (AvgIpc) is 3.01. The van der Waals surface area contributed by atoms with Gasteiger partial charge >= 0.3 is 0 Å². The third kappa shape index (κ3) is 4.57. The lowest BCUT2D eigenvalue weighted by atomic mass is 9.91. The molecule has 0 unspecified atom stereocenters. The number of aldehydes is 1. The molecular formula is C27H31N5O. The number of rotatable bonds is 2. The van der Waals surface area contributed by atoms with E-state index in [9.17, 15) is 4.79 Å². The van der Waals surface area contributed by atoms with Gasteiger partial charge < -0.3 is 9.47 Å². The van der Waals surface area contributed by atoms with E-state index < -0.39 is 0 Å². The van der Waals surface area contributed by atoms with Gasteiger partial charge in [0, 0.05) is 50.7 Å². The zero-order valence-electron chi connectivity index (χ0n) is 19.3. The molecule has 0 spiro atoms. The van der Waals surface area contributed by atoms with Crippen LogP contribution in [0.25, 0.3) is 11.0 Å². The van der Waals surface area contributed by atoms with Crippen LogP contribution in [0.4, 0.5) is 0 Å². The molecule has 2 aromatic carbocycles. The van der Waals surface area contributed by atoms with Crippen LogP contribution < -0.4 is 0 Å². The first-order chi connectivity index (χ1) is 16.1. The maximum Gasteiger partial charge on any atom is 0.150 e. The first-order valence-corrected chi connectivity index (χ1v) is 12.0. The predicted molar refractivity (Wildman–Crippen MR) is 129 cm³/mol. The number of benzene rings is 2. The number of nitrogens with zero attached hydrogens (tertiary/aromatic N) is 5. The summed E-state index contributed by atoms with van der Waals surface area (Å²) < 4.78 is 2.50. The van der Waals surface area contributed by atoms with Gasteiger partial charge in [-0.15, -0.1) is 0 Å². The fraction of sp³-hybridized carbons (Fsp3) is 0.444. The highest BCUT2D eigenvalue weighted by molar-refractivity contribution is 5.78. The Kier molecular flexibility index (Phi) is 6.26. The molecule has 1 fully saturated rings. The van der Waals surface area contributed by atoms with Crippen molar-refractivity contribution in [3.8, 4) is 6.07 Å². The quantitative estimate of drug-likeness (QED) is 0.566. The minimum absolute atomic E-state index is 0.575. The van der Waals surface area contributed by atoms with E-state index in [4.69, 9.17) is 10.2 Å². The Hall–Kier alpha value is -3.01. The summed E-state index contributed by atoms with van der Waals surface area (Å²) >= 11 is 0. The molecule has 0 amide bonds. The van der Waals surface area contributed by atoms with E-state index in [1.54, 1.807) is 24.3 Å². The number of imidazole rings is 1. The van der Waals surface area contributed by atoms with E-state index in [1.807, 2.05) is 6.07 Å². The van der Waals surface area contributed by atoms with Crippen molar-refractivity contribution in [2.45, 2.75) is 51.2 Å². The summed E-state index contributed by atoms with van der Waals surface area (Å²) in [6.07, 6.45) is 7.26. The van der Waals surface area contributed by atoms with Crippen molar-refractivity contribution in [3.63, 3.8) is 0 Å². The van der Waals surface area contributed by atoms with E-state index in [0.29, 0.717) is 11.1 Å². The van der Waals surface area contributed by atoms with Crippen molar-refractivity contribution in [1.82, 2.24) is 19.4 Å². The second-order valence-electron chi connectivity index (χ2n) is 9.50. The van der Waals surface area contributed by atoms with Crippen molar-refractivity contribution < 1.29 is 4.79 Å². The van der Waals surface area contributed by atoms with Crippen LogP contribution in [0.2, 0.25) is 0 Å². The molecule has 33 heavy (non-hydrogen) atoms. The Bertz CT molecular complexity index is 1190. The minimum Gasteiger partial charge on any atom is -0.327 e. The summed E-state index contributed by atoms with van der Waals surface area (Å²) in [5, 5.41) is 8.36. The summed E-state index contributed by atoms with van der Waals surface area (Å²) in [6, 6.07) is 14.1. The molecule has 1 aliphatic carbocycles. The number of likely N-dealkylation sites (N-methyl/N-ethyl adjacent to an activating group) is 1. The molecule has 1 aromatic heterocycles.